The third-order valence-electron chi connectivity index (χ3n) is 2.84. The van der Waals surface area contributed by atoms with Crippen molar-refractivity contribution >= 4 is 51.6 Å². The molecule has 0 saturated carbocycles. The molecule has 0 atom stereocenters. The van der Waals surface area contributed by atoms with Crippen molar-refractivity contribution in [2.24, 2.45) is 0 Å². The molecule has 0 radical (unpaired) electrons. The molecule has 0 aliphatic heterocycles. The average Bonchev–Trinajstić information content (AvgIpc) is 2.37. The van der Waals surface area contributed by atoms with Gasteiger partial charge in [0.2, 0.25) is 0 Å². The summed E-state index contributed by atoms with van der Waals surface area (Å²) in [5, 5.41) is 0.980. The zero-order valence-electron chi connectivity index (χ0n) is 10.2. The van der Waals surface area contributed by atoms with Crippen LogP contribution in [-0.4, -0.2) is 5.78 Å². The molecule has 0 unspecified atom stereocenters. The van der Waals surface area contributed by atoms with Crippen LogP contribution >= 0.6 is 45.8 Å². The van der Waals surface area contributed by atoms with E-state index in [0.717, 1.165) is 20.3 Å². The molecule has 0 spiro atoms. The highest BCUT2D eigenvalue weighted by Gasteiger charge is 2.12. The Hall–Kier alpha value is -0.580. The second-order valence-corrected chi connectivity index (χ2v) is 6.18. The summed E-state index contributed by atoms with van der Waals surface area (Å²) in [4.78, 5) is 12.3. The minimum Gasteiger partial charge on any atom is -0.294 e. The van der Waals surface area contributed by atoms with Crippen molar-refractivity contribution < 1.29 is 4.79 Å². The third kappa shape index (κ3) is 3.50. The lowest BCUT2D eigenvalue weighted by Gasteiger charge is -2.07. The first kappa shape index (κ1) is 14.8. The number of Topliss-reactive ketones (excluding diaryl/α,β-unsaturated/α-hetero) is 1. The highest BCUT2D eigenvalue weighted by atomic mass is 127. The molecule has 0 N–H and O–H groups in total. The van der Waals surface area contributed by atoms with Crippen molar-refractivity contribution in [3.63, 3.8) is 0 Å². The minimum atomic E-state index is 0.0893. The molecule has 0 fully saturated rings. The smallest absolute Gasteiger partial charge is 0.168 e. The molecule has 0 saturated heterocycles. The van der Waals surface area contributed by atoms with E-state index >= 15 is 0 Å². The van der Waals surface area contributed by atoms with E-state index < -0.39 is 0 Å². The van der Waals surface area contributed by atoms with Crippen LogP contribution in [0.3, 0.4) is 0 Å². The Labute approximate surface area is 136 Å². The molecule has 0 aliphatic carbocycles. The molecule has 4 heteroatoms. The predicted octanol–water partition coefficient (Wildman–Crippen LogP) is 5.33. The van der Waals surface area contributed by atoms with Gasteiger partial charge in [-0.2, -0.15) is 0 Å². The molecule has 0 aliphatic rings. The molecule has 19 heavy (non-hydrogen) atoms. The summed E-state index contributed by atoms with van der Waals surface area (Å²) in [6.45, 7) is 2.00. The van der Waals surface area contributed by atoms with Gasteiger partial charge in [-0.15, -0.1) is 0 Å². The molecule has 0 aromatic heterocycles. The van der Waals surface area contributed by atoms with E-state index in [1.54, 1.807) is 12.1 Å². The molecular weight excluding hydrogens is 394 g/mol. The number of rotatable bonds is 3. The SMILES string of the molecule is Cc1cccc(C(=O)Cc2ccc(Cl)c(Cl)c2)c1I. The second-order valence-electron chi connectivity index (χ2n) is 4.28. The second kappa shape index (κ2) is 6.25. The van der Waals surface area contributed by atoms with E-state index in [-0.39, 0.29) is 5.78 Å². The molecule has 0 heterocycles. The minimum absolute atomic E-state index is 0.0893. The molecule has 98 valence electrons. The van der Waals surface area contributed by atoms with Gasteiger partial charge >= 0.3 is 0 Å². The number of hydrogen-bond donors (Lipinski definition) is 0. The Bertz CT molecular complexity index is 638. The lowest BCUT2D eigenvalue weighted by Crippen LogP contribution is -2.06. The first-order chi connectivity index (χ1) is 8.99. The summed E-state index contributed by atoms with van der Waals surface area (Å²) in [7, 11) is 0. The van der Waals surface area contributed by atoms with Crippen LogP contribution in [0.4, 0.5) is 0 Å². The van der Waals surface area contributed by atoms with Crippen molar-refractivity contribution in [3.05, 3.63) is 66.7 Å². The summed E-state index contributed by atoms with van der Waals surface area (Å²) in [5.74, 6) is 0.0893. The molecule has 2 rings (SSSR count). The first-order valence-electron chi connectivity index (χ1n) is 5.71. The first-order valence-corrected chi connectivity index (χ1v) is 7.54. The summed E-state index contributed by atoms with van der Waals surface area (Å²) in [6, 6.07) is 11.0. The maximum atomic E-state index is 12.3. The Morgan fingerprint density at radius 2 is 1.89 bits per heavy atom. The van der Waals surface area contributed by atoms with Gasteiger partial charge in [-0.3, -0.25) is 4.79 Å². The Kier molecular flexibility index (Phi) is 4.87. The van der Waals surface area contributed by atoms with E-state index in [9.17, 15) is 4.79 Å². The molecule has 2 aromatic carbocycles. The fourth-order valence-corrected chi connectivity index (χ4v) is 2.77. The fourth-order valence-electron chi connectivity index (χ4n) is 1.79. The predicted molar refractivity (Wildman–Crippen MR) is 88.4 cm³/mol. The molecule has 0 amide bonds. The van der Waals surface area contributed by atoms with E-state index in [2.05, 4.69) is 22.6 Å². The normalized spacial score (nSPS) is 10.5. The summed E-state index contributed by atoms with van der Waals surface area (Å²) in [5.41, 5.74) is 2.74. The Morgan fingerprint density at radius 3 is 2.58 bits per heavy atom. The lowest BCUT2D eigenvalue weighted by molar-refractivity contribution is 0.0992. The van der Waals surface area contributed by atoms with Gasteiger partial charge in [-0.25, -0.2) is 0 Å². The maximum absolute atomic E-state index is 12.3. The average molecular weight is 405 g/mol. The molecule has 1 nitrogen and oxygen atoms in total. The van der Waals surface area contributed by atoms with E-state index in [4.69, 9.17) is 23.2 Å². The van der Waals surface area contributed by atoms with Crippen molar-refractivity contribution in [2.75, 3.05) is 0 Å². The van der Waals surface area contributed by atoms with Crippen molar-refractivity contribution in [1.29, 1.82) is 0 Å². The van der Waals surface area contributed by atoms with Gasteiger partial charge in [0.1, 0.15) is 0 Å². The summed E-state index contributed by atoms with van der Waals surface area (Å²) in [6.07, 6.45) is 0.330. The quantitative estimate of drug-likeness (QED) is 0.499. The van der Waals surface area contributed by atoms with E-state index in [0.29, 0.717) is 16.5 Å². The summed E-state index contributed by atoms with van der Waals surface area (Å²) < 4.78 is 1.00. The van der Waals surface area contributed by atoms with Crippen LogP contribution < -0.4 is 0 Å². The monoisotopic (exact) mass is 404 g/mol. The fraction of sp³-hybridized carbons (Fsp3) is 0.133. The van der Waals surface area contributed by atoms with Crippen LogP contribution in [0, 0.1) is 10.5 Å². The van der Waals surface area contributed by atoms with Gasteiger partial charge in [0, 0.05) is 15.6 Å². The number of hydrogen-bond acceptors (Lipinski definition) is 1. The van der Waals surface area contributed by atoms with Gasteiger partial charge in [0.15, 0.2) is 5.78 Å². The standard InChI is InChI=1S/C15H11Cl2IO/c1-9-3-2-4-11(15(9)18)14(19)8-10-5-6-12(16)13(17)7-10/h2-7H,8H2,1H3. The highest BCUT2D eigenvalue weighted by Crippen LogP contribution is 2.24. The van der Waals surface area contributed by atoms with E-state index in [1.807, 2.05) is 31.2 Å². The van der Waals surface area contributed by atoms with Gasteiger partial charge in [-0.05, 0) is 52.8 Å². The van der Waals surface area contributed by atoms with Crippen LogP contribution in [0.2, 0.25) is 10.0 Å². The largest absolute Gasteiger partial charge is 0.294 e. The third-order valence-corrected chi connectivity index (χ3v) is 5.01. The van der Waals surface area contributed by atoms with Crippen molar-refractivity contribution in [2.45, 2.75) is 13.3 Å². The molecule has 2 aromatic rings. The van der Waals surface area contributed by atoms with E-state index in [1.165, 1.54) is 0 Å². The zero-order valence-corrected chi connectivity index (χ0v) is 13.9. The number of halogens is 3. The van der Waals surface area contributed by atoms with Gasteiger partial charge in [0.25, 0.3) is 0 Å². The summed E-state index contributed by atoms with van der Waals surface area (Å²) >= 11 is 14.0. The van der Waals surface area contributed by atoms with Crippen LogP contribution in [0.25, 0.3) is 0 Å². The Balaban J connectivity index is 2.26. The molecular formula is C15H11Cl2IO. The van der Waals surface area contributed by atoms with Crippen molar-refractivity contribution in [3.8, 4) is 0 Å². The van der Waals surface area contributed by atoms with Crippen LogP contribution in [0.1, 0.15) is 21.5 Å². The highest BCUT2D eigenvalue weighted by molar-refractivity contribution is 14.1. The van der Waals surface area contributed by atoms with Crippen molar-refractivity contribution in [1.82, 2.24) is 0 Å². The lowest BCUT2D eigenvalue weighted by atomic mass is 10.0. The van der Waals surface area contributed by atoms with Crippen LogP contribution in [0.15, 0.2) is 36.4 Å². The van der Waals surface area contributed by atoms with Gasteiger partial charge < -0.3 is 0 Å². The number of ketones is 1. The van der Waals surface area contributed by atoms with Crippen LogP contribution in [-0.2, 0) is 6.42 Å². The topological polar surface area (TPSA) is 17.1 Å². The number of aryl methyl sites for hydroxylation is 1. The maximum Gasteiger partial charge on any atom is 0.168 e. The Morgan fingerprint density at radius 1 is 1.16 bits per heavy atom. The van der Waals surface area contributed by atoms with Crippen LogP contribution in [0.5, 0.6) is 0 Å². The molecule has 0 bridgehead atoms. The number of carbonyl (C=O) groups excluding carboxylic acids is 1. The van der Waals surface area contributed by atoms with Gasteiger partial charge in [0.05, 0.1) is 10.0 Å². The number of carbonyl (C=O) groups is 1. The zero-order chi connectivity index (χ0) is 14.0. The number of benzene rings is 2. The van der Waals surface area contributed by atoms with Gasteiger partial charge in [-0.1, -0.05) is 47.5 Å².